The lowest BCUT2D eigenvalue weighted by Gasteiger charge is -2.23. The average Bonchev–Trinajstić information content (AvgIpc) is 2.93. The van der Waals surface area contributed by atoms with E-state index in [1.165, 1.54) is 4.88 Å². The number of anilines is 1. The number of halogens is 1. The fourth-order valence-electron chi connectivity index (χ4n) is 1.87. The quantitative estimate of drug-likeness (QED) is 0.846. The van der Waals surface area contributed by atoms with Gasteiger partial charge in [-0.25, -0.2) is 0 Å². The minimum absolute atomic E-state index is 0.114. The lowest BCUT2D eigenvalue weighted by molar-refractivity contribution is 0.0947. The minimum atomic E-state index is -0.199. The van der Waals surface area contributed by atoms with Crippen LogP contribution in [-0.2, 0) is 5.41 Å². The zero-order chi connectivity index (χ0) is 14.8. The molecule has 0 fully saturated rings. The molecule has 0 spiro atoms. The Morgan fingerprint density at radius 2 is 2.15 bits per heavy atom. The zero-order valence-corrected chi connectivity index (χ0v) is 13.0. The molecule has 3 N–H and O–H groups in total. The zero-order valence-electron chi connectivity index (χ0n) is 11.4. The van der Waals surface area contributed by atoms with E-state index in [1.807, 2.05) is 11.4 Å². The van der Waals surface area contributed by atoms with Gasteiger partial charge in [0.15, 0.2) is 0 Å². The summed E-state index contributed by atoms with van der Waals surface area (Å²) in [4.78, 5) is 13.4. The van der Waals surface area contributed by atoms with Gasteiger partial charge in [-0.3, -0.25) is 4.79 Å². The molecule has 0 unspecified atom stereocenters. The molecule has 0 radical (unpaired) electrons. The Kier molecular flexibility index (Phi) is 4.35. The van der Waals surface area contributed by atoms with Crippen molar-refractivity contribution in [3.05, 3.63) is 51.2 Å². The van der Waals surface area contributed by atoms with E-state index in [2.05, 4.69) is 25.2 Å². The highest BCUT2D eigenvalue weighted by molar-refractivity contribution is 7.10. The van der Waals surface area contributed by atoms with Crippen molar-refractivity contribution >= 4 is 34.5 Å². The molecule has 1 amide bonds. The Morgan fingerprint density at radius 3 is 2.80 bits per heavy atom. The second-order valence-corrected chi connectivity index (χ2v) is 6.66. The van der Waals surface area contributed by atoms with Gasteiger partial charge >= 0.3 is 0 Å². The molecule has 2 rings (SSSR count). The summed E-state index contributed by atoms with van der Waals surface area (Å²) in [6.45, 7) is 4.74. The van der Waals surface area contributed by atoms with Gasteiger partial charge < -0.3 is 11.1 Å². The van der Waals surface area contributed by atoms with E-state index in [0.29, 0.717) is 22.8 Å². The maximum absolute atomic E-state index is 12.2. The smallest absolute Gasteiger partial charge is 0.253 e. The molecule has 1 aromatic carbocycles. The Labute approximate surface area is 127 Å². The normalized spacial score (nSPS) is 11.3. The van der Waals surface area contributed by atoms with E-state index in [4.69, 9.17) is 17.3 Å². The molecule has 0 saturated carbocycles. The highest BCUT2D eigenvalue weighted by Crippen LogP contribution is 2.27. The number of nitrogens with one attached hydrogen (secondary N) is 1. The first kappa shape index (κ1) is 14.9. The van der Waals surface area contributed by atoms with Crippen molar-refractivity contribution in [2.45, 2.75) is 19.3 Å². The number of benzene rings is 1. The molecule has 0 aliphatic rings. The predicted molar refractivity (Wildman–Crippen MR) is 85.5 cm³/mol. The monoisotopic (exact) mass is 308 g/mol. The molecule has 1 heterocycles. The third kappa shape index (κ3) is 3.32. The van der Waals surface area contributed by atoms with E-state index >= 15 is 0 Å². The Morgan fingerprint density at radius 1 is 1.40 bits per heavy atom. The van der Waals surface area contributed by atoms with Crippen molar-refractivity contribution in [2.75, 3.05) is 12.3 Å². The molecular formula is C15H17ClN2OS. The summed E-state index contributed by atoms with van der Waals surface area (Å²) in [5, 5.41) is 5.46. The van der Waals surface area contributed by atoms with Crippen LogP contribution in [0, 0.1) is 0 Å². The van der Waals surface area contributed by atoms with Crippen LogP contribution in [0.5, 0.6) is 0 Å². The first-order valence-electron chi connectivity index (χ1n) is 6.27. The van der Waals surface area contributed by atoms with Gasteiger partial charge in [-0.2, -0.15) is 0 Å². The van der Waals surface area contributed by atoms with Crippen LogP contribution in [0.1, 0.15) is 29.1 Å². The summed E-state index contributed by atoms with van der Waals surface area (Å²) in [7, 11) is 0. The fourth-order valence-corrected chi connectivity index (χ4v) is 2.90. The van der Waals surface area contributed by atoms with Crippen LogP contribution in [0.2, 0.25) is 5.02 Å². The number of nitrogen functional groups attached to an aromatic ring is 1. The number of rotatable bonds is 4. The maximum atomic E-state index is 12.2. The van der Waals surface area contributed by atoms with Gasteiger partial charge in [0.1, 0.15) is 0 Å². The average molecular weight is 309 g/mol. The molecule has 0 bridgehead atoms. The summed E-state index contributed by atoms with van der Waals surface area (Å²) in [5.41, 5.74) is 6.54. The fraction of sp³-hybridized carbons (Fsp3) is 0.267. The number of carbonyl (C=O) groups excluding carboxylic acids is 1. The van der Waals surface area contributed by atoms with Crippen LogP contribution >= 0.6 is 22.9 Å². The number of thiophene rings is 1. The molecule has 0 atom stereocenters. The van der Waals surface area contributed by atoms with Gasteiger partial charge in [-0.1, -0.05) is 31.5 Å². The first-order valence-corrected chi connectivity index (χ1v) is 7.53. The largest absolute Gasteiger partial charge is 0.398 e. The highest BCUT2D eigenvalue weighted by atomic mass is 35.5. The number of amides is 1. The predicted octanol–water partition coefficient (Wildman–Crippen LogP) is 3.69. The van der Waals surface area contributed by atoms with Crippen LogP contribution in [0.15, 0.2) is 35.7 Å². The van der Waals surface area contributed by atoms with Crippen LogP contribution in [0.4, 0.5) is 5.69 Å². The Bertz CT molecular complexity index is 608. The second kappa shape index (κ2) is 5.85. The molecule has 5 heteroatoms. The Hall–Kier alpha value is -1.52. The summed E-state index contributed by atoms with van der Waals surface area (Å²) < 4.78 is 0. The molecule has 0 saturated heterocycles. The summed E-state index contributed by atoms with van der Waals surface area (Å²) >= 11 is 7.58. The number of hydrogen-bond acceptors (Lipinski definition) is 3. The van der Waals surface area contributed by atoms with Gasteiger partial charge in [0.2, 0.25) is 0 Å². The maximum Gasteiger partial charge on any atom is 0.253 e. The summed E-state index contributed by atoms with van der Waals surface area (Å²) in [6, 6.07) is 8.98. The van der Waals surface area contributed by atoms with Crippen molar-refractivity contribution in [2.24, 2.45) is 0 Å². The summed E-state index contributed by atoms with van der Waals surface area (Å²) in [5.74, 6) is -0.199. The van der Waals surface area contributed by atoms with Crippen LogP contribution < -0.4 is 11.1 Å². The topological polar surface area (TPSA) is 55.1 Å². The second-order valence-electron chi connectivity index (χ2n) is 5.28. The van der Waals surface area contributed by atoms with Crippen molar-refractivity contribution < 1.29 is 4.79 Å². The van der Waals surface area contributed by atoms with E-state index in [0.717, 1.165) is 0 Å². The van der Waals surface area contributed by atoms with E-state index in [1.54, 1.807) is 29.5 Å². The lowest BCUT2D eigenvalue weighted by Crippen LogP contribution is -2.36. The van der Waals surface area contributed by atoms with E-state index < -0.39 is 0 Å². The number of nitrogens with two attached hydrogens (primary N) is 1. The van der Waals surface area contributed by atoms with Crippen molar-refractivity contribution in [3.8, 4) is 0 Å². The minimum Gasteiger partial charge on any atom is -0.398 e. The van der Waals surface area contributed by atoms with Gasteiger partial charge in [-0.05, 0) is 29.6 Å². The molecule has 0 aliphatic heterocycles. The molecule has 0 aliphatic carbocycles. The van der Waals surface area contributed by atoms with Gasteiger partial charge in [0.05, 0.1) is 5.56 Å². The highest BCUT2D eigenvalue weighted by Gasteiger charge is 2.23. The Balaban J connectivity index is 2.07. The standard InChI is InChI=1S/C15H17ClN2OS/c1-15(2,13-4-3-7-20-13)9-18-14(19)11-8-10(16)5-6-12(11)17/h3-8H,9,17H2,1-2H3,(H,18,19). The van der Waals surface area contributed by atoms with Crippen LogP contribution in [0.25, 0.3) is 0 Å². The summed E-state index contributed by atoms with van der Waals surface area (Å²) in [6.07, 6.45) is 0. The van der Waals surface area contributed by atoms with Gasteiger partial charge in [-0.15, -0.1) is 11.3 Å². The molecule has 3 nitrogen and oxygen atoms in total. The van der Waals surface area contributed by atoms with Gasteiger partial charge in [0, 0.05) is 27.5 Å². The molecule has 2 aromatic rings. The first-order chi connectivity index (χ1) is 9.40. The molecule has 1 aromatic heterocycles. The van der Waals surface area contributed by atoms with Gasteiger partial charge in [0.25, 0.3) is 5.91 Å². The third-order valence-electron chi connectivity index (χ3n) is 3.14. The van der Waals surface area contributed by atoms with Crippen LogP contribution in [-0.4, -0.2) is 12.5 Å². The van der Waals surface area contributed by atoms with Crippen LogP contribution in [0.3, 0.4) is 0 Å². The van der Waals surface area contributed by atoms with Crippen molar-refractivity contribution in [3.63, 3.8) is 0 Å². The molecular weight excluding hydrogens is 292 g/mol. The van der Waals surface area contributed by atoms with E-state index in [9.17, 15) is 4.79 Å². The number of carbonyl (C=O) groups is 1. The van der Waals surface area contributed by atoms with E-state index in [-0.39, 0.29) is 11.3 Å². The van der Waals surface area contributed by atoms with Crippen molar-refractivity contribution in [1.29, 1.82) is 0 Å². The number of hydrogen-bond donors (Lipinski definition) is 2. The SMILES string of the molecule is CC(C)(CNC(=O)c1cc(Cl)ccc1N)c1cccs1. The molecule has 20 heavy (non-hydrogen) atoms. The molecule has 106 valence electrons. The van der Waals surface area contributed by atoms with Crippen molar-refractivity contribution in [1.82, 2.24) is 5.32 Å². The third-order valence-corrected chi connectivity index (χ3v) is 4.61. The lowest BCUT2D eigenvalue weighted by atomic mass is 9.91.